The minimum absolute atomic E-state index is 0.0377. The van der Waals surface area contributed by atoms with E-state index in [1.165, 1.54) is 66.7 Å². The summed E-state index contributed by atoms with van der Waals surface area (Å²) in [4.78, 5) is 66.6. The lowest BCUT2D eigenvalue weighted by Gasteiger charge is -2.44. The maximum absolute atomic E-state index is 13.8. The predicted octanol–water partition coefficient (Wildman–Crippen LogP) is 5.84. The summed E-state index contributed by atoms with van der Waals surface area (Å²) in [6.45, 7) is -0.585. The highest BCUT2D eigenvalue weighted by Gasteiger charge is 2.54. The number of carbonyl (C=O) groups excluding carboxylic acids is 4. The van der Waals surface area contributed by atoms with Crippen molar-refractivity contribution in [3.8, 4) is 17.2 Å². The van der Waals surface area contributed by atoms with E-state index < -0.39 is 78.3 Å². The van der Waals surface area contributed by atoms with Gasteiger partial charge in [0, 0.05) is 6.07 Å². The number of benzene rings is 5. The van der Waals surface area contributed by atoms with Crippen LogP contribution in [0.1, 0.15) is 41.4 Å². The van der Waals surface area contributed by atoms with Gasteiger partial charge in [0.25, 0.3) is 0 Å². The van der Waals surface area contributed by atoms with Crippen molar-refractivity contribution in [2.24, 2.45) is 0 Å². The van der Waals surface area contributed by atoms with Crippen LogP contribution in [0.25, 0.3) is 11.0 Å². The summed E-state index contributed by atoms with van der Waals surface area (Å²) < 4.78 is 41.4. The van der Waals surface area contributed by atoms with Gasteiger partial charge in [0.05, 0.1) is 27.6 Å². The van der Waals surface area contributed by atoms with E-state index in [0.717, 1.165) is 0 Å². The first-order chi connectivity index (χ1) is 27.7. The van der Waals surface area contributed by atoms with E-state index >= 15 is 0 Å². The van der Waals surface area contributed by atoms with Gasteiger partial charge in [0.1, 0.15) is 24.0 Å². The average molecular weight is 773 g/mol. The molecule has 0 amide bonds. The highest BCUT2D eigenvalue weighted by molar-refractivity contribution is 5.92. The summed E-state index contributed by atoms with van der Waals surface area (Å²) in [5, 5.41) is 20.2. The fourth-order valence-electron chi connectivity index (χ4n) is 5.98. The minimum Gasteiger partial charge on any atom is -0.504 e. The highest BCUT2D eigenvalue weighted by atomic mass is 16.7. The topological polar surface area (TPSA) is 194 Å². The Bertz CT molecular complexity index is 2440. The molecule has 0 aliphatic carbocycles. The molecule has 1 saturated heterocycles. The van der Waals surface area contributed by atoms with E-state index in [4.69, 9.17) is 32.8 Å². The molecule has 1 aromatic heterocycles. The third kappa shape index (κ3) is 8.61. The first kappa shape index (κ1) is 37.8. The SMILES string of the molecule is O=C(OC[C@H]1O[C@@H](Oc2ccc3c(O)c(O)c(=O)oc3c2)[C@H](OC(=O)c2ccccc2)[C@@H](OC(=O)c2ccccc2)[C@H]1OC(=O)c1ccccc1)c1ccccc1. The van der Waals surface area contributed by atoms with Crippen molar-refractivity contribution in [2.45, 2.75) is 30.7 Å². The molecule has 6 aromatic rings. The van der Waals surface area contributed by atoms with Crippen LogP contribution in [0.2, 0.25) is 0 Å². The number of fused-ring (bicyclic) bond motifs is 1. The Morgan fingerprint density at radius 1 is 0.544 bits per heavy atom. The number of aromatic hydroxyl groups is 2. The molecule has 288 valence electrons. The second kappa shape index (κ2) is 16.9. The quantitative estimate of drug-likeness (QED) is 0.0906. The fourth-order valence-corrected chi connectivity index (χ4v) is 5.98. The van der Waals surface area contributed by atoms with E-state index in [-0.39, 0.29) is 39.0 Å². The summed E-state index contributed by atoms with van der Waals surface area (Å²) in [5.74, 6) is -5.22. The normalized spacial score (nSPS) is 18.8. The monoisotopic (exact) mass is 772 g/mol. The number of esters is 4. The zero-order valence-corrected chi connectivity index (χ0v) is 29.7. The van der Waals surface area contributed by atoms with Gasteiger partial charge < -0.3 is 43.1 Å². The Balaban J connectivity index is 1.32. The molecule has 2 heterocycles. The van der Waals surface area contributed by atoms with Crippen molar-refractivity contribution in [2.75, 3.05) is 6.61 Å². The van der Waals surface area contributed by atoms with Crippen LogP contribution in [0.15, 0.2) is 149 Å². The van der Waals surface area contributed by atoms with Gasteiger partial charge in [-0.15, -0.1) is 0 Å². The van der Waals surface area contributed by atoms with Crippen LogP contribution >= 0.6 is 0 Å². The molecule has 1 aliphatic rings. The molecule has 0 spiro atoms. The molecule has 1 fully saturated rings. The third-order valence-electron chi connectivity index (χ3n) is 8.82. The molecule has 0 bridgehead atoms. The largest absolute Gasteiger partial charge is 0.504 e. The van der Waals surface area contributed by atoms with Gasteiger partial charge in [-0.05, 0) is 60.7 Å². The van der Waals surface area contributed by atoms with Crippen LogP contribution in [0.4, 0.5) is 0 Å². The van der Waals surface area contributed by atoms with Crippen molar-refractivity contribution in [1.82, 2.24) is 0 Å². The van der Waals surface area contributed by atoms with Crippen molar-refractivity contribution in [1.29, 1.82) is 0 Å². The molecule has 14 heteroatoms. The maximum atomic E-state index is 13.8. The van der Waals surface area contributed by atoms with E-state index in [0.29, 0.717) is 0 Å². The van der Waals surface area contributed by atoms with Gasteiger partial charge in [0.15, 0.2) is 18.0 Å². The molecule has 0 radical (unpaired) electrons. The Morgan fingerprint density at radius 3 is 1.51 bits per heavy atom. The van der Waals surface area contributed by atoms with Crippen LogP contribution in [0.5, 0.6) is 17.2 Å². The van der Waals surface area contributed by atoms with Crippen LogP contribution in [0.3, 0.4) is 0 Å². The molecule has 57 heavy (non-hydrogen) atoms. The Labute approximate surface area is 323 Å². The molecular formula is C43H32O14. The Kier molecular flexibility index (Phi) is 11.2. The third-order valence-corrected chi connectivity index (χ3v) is 8.82. The molecule has 0 saturated carbocycles. The van der Waals surface area contributed by atoms with Gasteiger partial charge >= 0.3 is 29.5 Å². The molecule has 5 aromatic carbocycles. The number of rotatable bonds is 11. The zero-order valence-electron chi connectivity index (χ0n) is 29.7. The van der Waals surface area contributed by atoms with Gasteiger partial charge in [-0.2, -0.15) is 0 Å². The number of hydrogen-bond donors (Lipinski definition) is 2. The summed E-state index contributed by atoms with van der Waals surface area (Å²) >= 11 is 0. The number of ether oxygens (including phenoxy) is 6. The molecule has 5 atom stereocenters. The molecule has 7 rings (SSSR count). The average Bonchev–Trinajstić information content (AvgIpc) is 3.25. The second-order valence-electron chi connectivity index (χ2n) is 12.6. The second-order valence-corrected chi connectivity index (χ2v) is 12.6. The molecule has 2 N–H and O–H groups in total. The van der Waals surface area contributed by atoms with Gasteiger partial charge in [-0.1, -0.05) is 72.8 Å². The molecule has 14 nitrogen and oxygen atoms in total. The highest BCUT2D eigenvalue weighted by Crippen LogP contribution is 2.36. The van der Waals surface area contributed by atoms with Gasteiger partial charge in [-0.25, -0.2) is 24.0 Å². The van der Waals surface area contributed by atoms with Crippen molar-refractivity contribution in [3.63, 3.8) is 0 Å². The van der Waals surface area contributed by atoms with Crippen molar-refractivity contribution >= 4 is 34.8 Å². The van der Waals surface area contributed by atoms with Gasteiger partial charge in [-0.3, -0.25) is 0 Å². The lowest BCUT2D eigenvalue weighted by atomic mass is 9.97. The van der Waals surface area contributed by atoms with Crippen LogP contribution in [-0.2, 0) is 23.7 Å². The first-order valence-electron chi connectivity index (χ1n) is 17.5. The van der Waals surface area contributed by atoms with Crippen LogP contribution < -0.4 is 10.4 Å². The standard InChI is InChI=1S/C43H32O14/c44-33-30-22-21-29(23-31(30)53-42(50)34(33)45)52-43-37(57-41(49)28-19-11-4-12-20-28)36(56-40(48)27-17-9-3-10-18-27)35(55-39(47)26-15-7-2-8-16-26)32(54-43)24-51-38(46)25-13-5-1-6-14-25/h1-23,32,35-37,43-45H,24H2/t32-,35+,36+,37-,43-/m1/s1. The zero-order chi connectivity index (χ0) is 39.9. The Morgan fingerprint density at radius 2 is 1.00 bits per heavy atom. The molecule has 1 aliphatic heterocycles. The lowest BCUT2D eigenvalue weighted by molar-refractivity contribution is -0.275. The van der Waals surface area contributed by atoms with E-state index in [2.05, 4.69) is 0 Å². The summed E-state index contributed by atoms with van der Waals surface area (Å²) in [5.41, 5.74) is -0.902. The summed E-state index contributed by atoms with van der Waals surface area (Å²) in [7, 11) is 0. The number of hydrogen-bond acceptors (Lipinski definition) is 14. The van der Waals surface area contributed by atoms with E-state index in [1.54, 1.807) is 72.8 Å². The number of carbonyl (C=O) groups is 4. The maximum Gasteiger partial charge on any atom is 0.382 e. The van der Waals surface area contributed by atoms with Crippen LogP contribution in [-0.4, -0.2) is 71.4 Å². The molecular weight excluding hydrogens is 740 g/mol. The van der Waals surface area contributed by atoms with E-state index in [1.807, 2.05) is 0 Å². The summed E-state index contributed by atoms with van der Waals surface area (Å²) in [6, 6.07) is 35.5. The summed E-state index contributed by atoms with van der Waals surface area (Å²) in [6.07, 6.45) is -8.12. The van der Waals surface area contributed by atoms with E-state index in [9.17, 15) is 34.2 Å². The van der Waals surface area contributed by atoms with Crippen molar-refractivity contribution < 1.29 is 62.2 Å². The Hall–Kier alpha value is -7.45. The first-order valence-corrected chi connectivity index (χ1v) is 17.5. The molecule has 0 unspecified atom stereocenters. The smallest absolute Gasteiger partial charge is 0.382 e. The van der Waals surface area contributed by atoms with Crippen LogP contribution in [0, 0.1) is 0 Å². The van der Waals surface area contributed by atoms with Gasteiger partial charge in [0.2, 0.25) is 18.1 Å². The minimum atomic E-state index is -1.70. The van der Waals surface area contributed by atoms with Crippen molar-refractivity contribution in [3.05, 3.63) is 172 Å². The predicted molar refractivity (Wildman–Crippen MR) is 199 cm³/mol. The lowest BCUT2D eigenvalue weighted by Crippen LogP contribution is -2.63. The fraction of sp³-hybridized carbons (Fsp3) is 0.140.